The molecule has 0 saturated carbocycles. The van der Waals surface area contributed by atoms with E-state index >= 15 is 0 Å². The van der Waals surface area contributed by atoms with E-state index < -0.39 is 0 Å². The summed E-state index contributed by atoms with van der Waals surface area (Å²) in [5, 5.41) is 0.990. The Morgan fingerprint density at radius 1 is 0.889 bits per heavy atom. The average Bonchev–Trinajstić information content (AvgIpc) is 2.39. The summed E-state index contributed by atoms with van der Waals surface area (Å²) in [4.78, 5) is 8.13. The van der Waals surface area contributed by atoms with E-state index in [1.165, 1.54) is 0 Å². The van der Waals surface area contributed by atoms with E-state index in [1.807, 2.05) is 48.5 Å². The third kappa shape index (κ3) is 1.89. The molecule has 3 nitrogen and oxygen atoms in total. The van der Waals surface area contributed by atoms with Crippen molar-refractivity contribution in [1.82, 2.24) is 9.97 Å². The lowest BCUT2D eigenvalue weighted by atomic mass is 10.0. The van der Waals surface area contributed by atoms with E-state index in [-0.39, 0.29) is 5.28 Å². The van der Waals surface area contributed by atoms with Crippen LogP contribution in [-0.4, -0.2) is 9.97 Å². The molecule has 0 unspecified atom stereocenters. The maximum atomic E-state index is 5.82. The second kappa shape index (κ2) is 4.27. The third-order valence-corrected chi connectivity index (χ3v) is 2.98. The summed E-state index contributed by atoms with van der Waals surface area (Å²) < 4.78 is 0. The number of nitrogens with two attached hydrogens (primary N) is 1. The van der Waals surface area contributed by atoms with Crippen molar-refractivity contribution >= 4 is 28.3 Å². The van der Waals surface area contributed by atoms with Crippen molar-refractivity contribution in [1.29, 1.82) is 0 Å². The summed E-state index contributed by atoms with van der Waals surface area (Å²) in [5.41, 5.74) is 8.78. The second-order valence-corrected chi connectivity index (χ2v) is 4.31. The van der Waals surface area contributed by atoms with Gasteiger partial charge in [-0.05, 0) is 34.9 Å². The van der Waals surface area contributed by atoms with E-state index in [4.69, 9.17) is 17.3 Å². The molecule has 0 atom stereocenters. The highest BCUT2D eigenvalue weighted by molar-refractivity contribution is 6.28. The van der Waals surface area contributed by atoms with Crippen molar-refractivity contribution in [3.8, 4) is 11.1 Å². The van der Waals surface area contributed by atoms with Gasteiger partial charge in [0.2, 0.25) is 5.28 Å². The summed E-state index contributed by atoms with van der Waals surface area (Å²) in [7, 11) is 0. The lowest BCUT2D eigenvalue weighted by Crippen LogP contribution is -1.95. The first kappa shape index (κ1) is 11.0. The van der Waals surface area contributed by atoms with Crippen LogP contribution in [0.3, 0.4) is 0 Å². The molecule has 0 saturated heterocycles. The number of hydrogen-bond donors (Lipinski definition) is 1. The normalized spacial score (nSPS) is 10.7. The Morgan fingerprint density at radius 2 is 1.67 bits per heavy atom. The topological polar surface area (TPSA) is 51.8 Å². The standard InChI is InChI=1S/C14H10ClN3/c15-14-17-12-8-10(9-4-2-1-3-5-9)6-7-11(12)13(16)18-14/h1-8H,(H2,16,17,18). The Morgan fingerprint density at radius 3 is 2.44 bits per heavy atom. The highest BCUT2D eigenvalue weighted by Gasteiger charge is 2.05. The zero-order valence-corrected chi connectivity index (χ0v) is 10.2. The minimum atomic E-state index is 0.171. The molecule has 1 heterocycles. The van der Waals surface area contributed by atoms with Gasteiger partial charge in [-0.25, -0.2) is 9.97 Å². The fourth-order valence-electron chi connectivity index (χ4n) is 1.93. The van der Waals surface area contributed by atoms with Crippen molar-refractivity contribution in [2.75, 3.05) is 5.73 Å². The third-order valence-electron chi connectivity index (χ3n) is 2.81. The largest absolute Gasteiger partial charge is 0.383 e. The van der Waals surface area contributed by atoms with Gasteiger partial charge in [0, 0.05) is 5.39 Å². The van der Waals surface area contributed by atoms with E-state index in [9.17, 15) is 0 Å². The molecule has 3 rings (SSSR count). The predicted molar refractivity (Wildman–Crippen MR) is 74.4 cm³/mol. The number of halogens is 1. The molecule has 3 aromatic rings. The van der Waals surface area contributed by atoms with Crippen LogP contribution >= 0.6 is 11.6 Å². The van der Waals surface area contributed by atoms with Crippen LogP contribution < -0.4 is 5.73 Å². The van der Waals surface area contributed by atoms with Gasteiger partial charge in [0.15, 0.2) is 0 Å². The maximum Gasteiger partial charge on any atom is 0.224 e. The number of fused-ring (bicyclic) bond motifs is 1. The number of rotatable bonds is 1. The zero-order chi connectivity index (χ0) is 12.5. The highest BCUT2D eigenvalue weighted by Crippen LogP contribution is 2.26. The van der Waals surface area contributed by atoms with Crippen LogP contribution in [0.15, 0.2) is 48.5 Å². The molecule has 0 amide bonds. The highest BCUT2D eigenvalue weighted by atomic mass is 35.5. The quantitative estimate of drug-likeness (QED) is 0.677. The molecule has 4 heteroatoms. The van der Waals surface area contributed by atoms with Crippen molar-refractivity contribution in [2.45, 2.75) is 0 Å². The average molecular weight is 256 g/mol. The van der Waals surface area contributed by atoms with Crippen molar-refractivity contribution < 1.29 is 0 Å². The van der Waals surface area contributed by atoms with Gasteiger partial charge in [0.05, 0.1) is 5.52 Å². The molecule has 0 aliphatic rings. The molecule has 1 aromatic heterocycles. The van der Waals surface area contributed by atoms with Gasteiger partial charge in [-0.1, -0.05) is 36.4 Å². The first-order chi connectivity index (χ1) is 8.74. The SMILES string of the molecule is Nc1nc(Cl)nc2cc(-c3ccccc3)ccc12. The molecule has 0 fully saturated rings. The lowest BCUT2D eigenvalue weighted by Gasteiger charge is -2.05. The minimum absolute atomic E-state index is 0.171. The van der Waals surface area contributed by atoms with E-state index in [2.05, 4.69) is 9.97 Å². The molecule has 18 heavy (non-hydrogen) atoms. The molecule has 0 aliphatic heterocycles. The molecule has 88 valence electrons. The first-order valence-electron chi connectivity index (χ1n) is 5.52. The molecular formula is C14H10ClN3. The van der Waals surface area contributed by atoms with Crippen LogP contribution in [0.4, 0.5) is 5.82 Å². The number of nitrogens with zero attached hydrogens (tertiary/aromatic N) is 2. The molecular weight excluding hydrogens is 246 g/mol. The van der Waals surface area contributed by atoms with Crippen molar-refractivity contribution in [3.63, 3.8) is 0 Å². The maximum absolute atomic E-state index is 5.82. The Hall–Kier alpha value is -2.13. The second-order valence-electron chi connectivity index (χ2n) is 3.98. The molecule has 0 aliphatic carbocycles. The van der Waals surface area contributed by atoms with Crippen molar-refractivity contribution in [3.05, 3.63) is 53.8 Å². The summed E-state index contributed by atoms with van der Waals surface area (Å²) >= 11 is 5.82. The van der Waals surface area contributed by atoms with Crippen LogP contribution in [0, 0.1) is 0 Å². The summed E-state index contributed by atoms with van der Waals surface area (Å²) in [5.74, 6) is 0.407. The lowest BCUT2D eigenvalue weighted by molar-refractivity contribution is 1.23. The summed E-state index contributed by atoms with van der Waals surface area (Å²) in [6, 6.07) is 16.0. The minimum Gasteiger partial charge on any atom is -0.383 e. The number of aromatic nitrogens is 2. The molecule has 2 aromatic carbocycles. The van der Waals surface area contributed by atoms with Crippen LogP contribution in [0.5, 0.6) is 0 Å². The number of benzene rings is 2. The van der Waals surface area contributed by atoms with Crippen LogP contribution in [0.2, 0.25) is 5.28 Å². The first-order valence-corrected chi connectivity index (χ1v) is 5.90. The van der Waals surface area contributed by atoms with Gasteiger partial charge >= 0.3 is 0 Å². The summed E-state index contributed by atoms with van der Waals surface area (Å²) in [6.07, 6.45) is 0. The van der Waals surface area contributed by atoms with Crippen LogP contribution in [0.25, 0.3) is 22.0 Å². The molecule has 2 N–H and O–H groups in total. The van der Waals surface area contributed by atoms with Gasteiger partial charge in [-0.2, -0.15) is 0 Å². The number of hydrogen-bond acceptors (Lipinski definition) is 3. The van der Waals surface area contributed by atoms with E-state index in [0.717, 1.165) is 22.0 Å². The van der Waals surface area contributed by atoms with Gasteiger partial charge < -0.3 is 5.73 Å². The van der Waals surface area contributed by atoms with E-state index in [1.54, 1.807) is 0 Å². The monoisotopic (exact) mass is 255 g/mol. The Bertz CT molecular complexity index is 711. The van der Waals surface area contributed by atoms with Gasteiger partial charge in [0.1, 0.15) is 5.82 Å². The predicted octanol–water partition coefficient (Wildman–Crippen LogP) is 3.53. The molecule has 0 spiro atoms. The smallest absolute Gasteiger partial charge is 0.224 e. The zero-order valence-electron chi connectivity index (χ0n) is 9.47. The van der Waals surface area contributed by atoms with Gasteiger partial charge in [-0.3, -0.25) is 0 Å². The van der Waals surface area contributed by atoms with Crippen molar-refractivity contribution in [2.24, 2.45) is 0 Å². The number of anilines is 1. The fraction of sp³-hybridized carbons (Fsp3) is 0. The summed E-state index contributed by atoms with van der Waals surface area (Å²) in [6.45, 7) is 0. The Labute approximate surface area is 109 Å². The van der Waals surface area contributed by atoms with E-state index in [0.29, 0.717) is 5.82 Å². The number of nitrogen functional groups attached to an aromatic ring is 1. The molecule has 0 bridgehead atoms. The van der Waals surface area contributed by atoms with Gasteiger partial charge in [0.25, 0.3) is 0 Å². The van der Waals surface area contributed by atoms with Crippen LogP contribution in [0.1, 0.15) is 0 Å². The fourth-order valence-corrected chi connectivity index (χ4v) is 2.12. The Balaban J connectivity index is 2.23. The van der Waals surface area contributed by atoms with Gasteiger partial charge in [-0.15, -0.1) is 0 Å². The van der Waals surface area contributed by atoms with Crippen LogP contribution in [-0.2, 0) is 0 Å². The Kier molecular flexibility index (Phi) is 2.61. The molecule has 0 radical (unpaired) electrons.